The van der Waals surface area contributed by atoms with E-state index in [4.69, 9.17) is 10.8 Å². The van der Waals surface area contributed by atoms with Crippen molar-refractivity contribution in [2.24, 2.45) is 0 Å². The standard InChI is InChI=1S/C12H17N3O2/c13-11-4-3-10(8-14-11)9-2-1-6-15(7-5-9)12(16)17/h3-4,8-9H,1-2,5-7H2,(H2,13,14)(H,16,17). The smallest absolute Gasteiger partial charge is 0.407 e. The van der Waals surface area contributed by atoms with Gasteiger partial charge in [-0.05, 0) is 36.8 Å². The zero-order valence-corrected chi connectivity index (χ0v) is 9.67. The predicted octanol–water partition coefficient (Wildman–Crippen LogP) is 1.91. The summed E-state index contributed by atoms with van der Waals surface area (Å²) in [6.45, 7) is 1.23. The number of hydrogen-bond donors (Lipinski definition) is 2. The van der Waals surface area contributed by atoms with Gasteiger partial charge in [0.1, 0.15) is 5.82 Å². The topological polar surface area (TPSA) is 79.5 Å². The molecule has 0 saturated carbocycles. The first-order valence-corrected chi connectivity index (χ1v) is 5.86. The summed E-state index contributed by atoms with van der Waals surface area (Å²) in [5.74, 6) is 0.919. The van der Waals surface area contributed by atoms with Crippen LogP contribution in [0, 0.1) is 0 Å². The molecule has 1 amide bonds. The number of rotatable bonds is 1. The van der Waals surface area contributed by atoms with Crippen LogP contribution >= 0.6 is 0 Å². The molecule has 5 nitrogen and oxygen atoms in total. The number of likely N-dealkylation sites (tertiary alicyclic amines) is 1. The van der Waals surface area contributed by atoms with Gasteiger partial charge in [-0.15, -0.1) is 0 Å². The van der Waals surface area contributed by atoms with Gasteiger partial charge in [0.25, 0.3) is 0 Å². The largest absolute Gasteiger partial charge is 0.465 e. The highest BCUT2D eigenvalue weighted by molar-refractivity contribution is 5.64. The van der Waals surface area contributed by atoms with Crippen molar-refractivity contribution in [3.63, 3.8) is 0 Å². The monoisotopic (exact) mass is 235 g/mol. The Morgan fingerprint density at radius 2 is 2.24 bits per heavy atom. The third-order valence-corrected chi connectivity index (χ3v) is 3.28. The number of nitrogens with zero attached hydrogens (tertiary/aromatic N) is 2. The summed E-state index contributed by atoms with van der Waals surface area (Å²) in [7, 11) is 0. The van der Waals surface area contributed by atoms with Crippen LogP contribution in [-0.4, -0.2) is 34.2 Å². The Morgan fingerprint density at radius 3 is 2.88 bits per heavy atom. The van der Waals surface area contributed by atoms with E-state index in [1.807, 2.05) is 6.07 Å². The molecule has 92 valence electrons. The highest BCUT2D eigenvalue weighted by atomic mass is 16.4. The van der Waals surface area contributed by atoms with Crippen LogP contribution in [0.2, 0.25) is 0 Å². The number of amides is 1. The Morgan fingerprint density at radius 1 is 1.41 bits per heavy atom. The van der Waals surface area contributed by atoms with Crippen LogP contribution in [0.1, 0.15) is 30.7 Å². The fourth-order valence-corrected chi connectivity index (χ4v) is 2.28. The van der Waals surface area contributed by atoms with Crippen molar-refractivity contribution >= 4 is 11.9 Å². The maximum absolute atomic E-state index is 10.9. The van der Waals surface area contributed by atoms with E-state index in [1.54, 1.807) is 12.3 Å². The molecular formula is C12H17N3O2. The Bertz CT molecular complexity index is 391. The van der Waals surface area contributed by atoms with Crippen LogP contribution in [0.4, 0.5) is 10.6 Å². The molecule has 1 aromatic rings. The van der Waals surface area contributed by atoms with Gasteiger partial charge in [-0.3, -0.25) is 0 Å². The van der Waals surface area contributed by atoms with Crippen LogP contribution in [-0.2, 0) is 0 Å². The van der Waals surface area contributed by atoms with Crippen molar-refractivity contribution in [1.82, 2.24) is 9.88 Å². The number of nitrogen functional groups attached to an aromatic ring is 1. The second-order valence-electron chi connectivity index (χ2n) is 4.41. The number of aromatic nitrogens is 1. The lowest BCUT2D eigenvalue weighted by atomic mass is 9.93. The number of hydrogen-bond acceptors (Lipinski definition) is 3. The highest BCUT2D eigenvalue weighted by Gasteiger charge is 2.21. The molecule has 1 saturated heterocycles. The van der Waals surface area contributed by atoms with Crippen molar-refractivity contribution in [2.75, 3.05) is 18.8 Å². The van der Waals surface area contributed by atoms with Gasteiger partial charge in [0.15, 0.2) is 0 Å². The molecular weight excluding hydrogens is 218 g/mol. The number of carboxylic acid groups (broad SMARTS) is 1. The average Bonchev–Trinajstić information content (AvgIpc) is 2.55. The second kappa shape index (κ2) is 5.03. The molecule has 1 aliphatic rings. The lowest BCUT2D eigenvalue weighted by Crippen LogP contribution is -2.30. The van der Waals surface area contributed by atoms with Crippen LogP contribution in [0.5, 0.6) is 0 Å². The van der Waals surface area contributed by atoms with Gasteiger partial charge in [0.05, 0.1) is 0 Å². The van der Waals surface area contributed by atoms with E-state index in [0.717, 1.165) is 24.8 Å². The first-order valence-electron chi connectivity index (χ1n) is 5.86. The number of pyridine rings is 1. The number of anilines is 1. The molecule has 0 radical (unpaired) electrons. The minimum Gasteiger partial charge on any atom is -0.465 e. The van der Waals surface area contributed by atoms with Crippen LogP contribution < -0.4 is 5.73 Å². The van der Waals surface area contributed by atoms with Gasteiger partial charge in [0, 0.05) is 19.3 Å². The summed E-state index contributed by atoms with van der Waals surface area (Å²) in [6, 6.07) is 3.79. The first-order chi connectivity index (χ1) is 8.16. The predicted molar refractivity (Wildman–Crippen MR) is 64.8 cm³/mol. The lowest BCUT2D eigenvalue weighted by Gasteiger charge is -2.16. The third-order valence-electron chi connectivity index (χ3n) is 3.28. The quantitative estimate of drug-likeness (QED) is 0.779. The zero-order valence-electron chi connectivity index (χ0n) is 9.67. The Balaban J connectivity index is 2.03. The summed E-state index contributed by atoms with van der Waals surface area (Å²) in [5.41, 5.74) is 6.71. The molecule has 2 rings (SSSR count). The Hall–Kier alpha value is -1.78. The van der Waals surface area contributed by atoms with Crippen molar-refractivity contribution in [1.29, 1.82) is 0 Å². The number of nitrogens with two attached hydrogens (primary N) is 1. The van der Waals surface area contributed by atoms with E-state index in [2.05, 4.69) is 4.98 Å². The highest BCUT2D eigenvalue weighted by Crippen LogP contribution is 2.27. The normalized spacial score (nSPS) is 20.9. The van der Waals surface area contributed by atoms with Gasteiger partial charge in [0.2, 0.25) is 0 Å². The van der Waals surface area contributed by atoms with Crippen LogP contribution in [0.15, 0.2) is 18.3 Å². The van der Waals surface area contributed by atoms with Crippen molar-refractivity contribution in [3.8, 4) is 0 Å². The Kier molecular flexibility index (Phi) is 3.46. The number of carbonyl (C=O) groups is 1. The SMILES string of the molecule is Nc1ccc(C2CCCN(C(=O)O)CC2)cn1. The molecule has 1 atom stereocenters. The van der Waals surface area contributed by atoms with Crippen molar-refractivity contribution in [2.45, 2.75) is 25.2 Å². The second-order valence-corrected chi connectivity index (χ2v) is 4.41. The van der Waals surface area contributed by atoms with Crippen molar-refractivity contribution in [3.05, 3.63) is 23.9 Å². The third kappa shape index (κ3) is 2.87. The molecule has 1 fully saturated rings. The van der Waals surface area contributed by atoms with Gasteiger partial charge < -0.3 is 15.7 Å². The van der Waals surface area contributed by atoms with E-state index in [9.17, 15) is 4.79 Å². The van der Waals surface area contributed by atoms with Crippen LogP contribution in [0.25, 0.3) is 0 Å². The summed E-state index contributed by atoms with van der Waals surface area (Å²) >= 11 is 0. The molecule has 0 aliphatic carbocycles. The molecule has 1 aromatic heterocycles. The summed E-state index contributed by atoms with van der Waals surface area (Å²) in [6.07, 6.45) is 3.76. The zero-order chi connectivity index (χ0) is 12.3. The fraction of sp³-hybridized carbons (Fsp3) is 0.500. The van der Waals surface area contributed by atoms with Crippen molar-refractivity contribution < 1.29 is 9.90 Å². The molecule has 0 aromatic carbocycles. The van der Waals surface area contributed by atoms with Gasteiger partial charge in [-0.2, -0.15) is 0 Å². The molecule has 5 heteroatoms. The summed E-state index contributed by atoms with van der Waals surface area (Å²) in [5, 5.41) is 8.95. The van der Waals surface area contributed by atoms with E-state index in [0.29, 0.717) is 24.8 Å². The molecule has 17 heavy (non-hydrogen) atoms. The first kappa shape index (κ1) is 11.7. The minimum atomic E-state index is -0.818. The molecule has 0 spiro atoms. The van der Waals surface area contributed by atoms with Gasteiger partial charge in [-0.25, -0.2) is 9.78 Å². The lowest BCUT2D eigenvalue weighted by molar-refractivity contribution is 0.147. The van der Waals surface area contributed by atoms with E-state index in [1.165, 1.54) is 4.90 Å². The van der Waals surface area contributed by atoms with Gasteiger partial charge >= 0.3 is 6.09 Å². The fourth-order valence-electron chi connectivity index (χ4n) is 2.28. The summed E-state index contributed by atoms with van der Waals surface area (Å²) < 4.78 is 0. The molecule has 3 N–H and O–H groups in total. The van der Waals surface area contributed by atoms with E-state index >= 15 is 0 Å². The molecule has 1 aliphatic heterocycles. The maximum atomic E-state index is 10.9. The minimum absolute atomic E-state index is 0.396. The maximum Gasteiger partial charge on any atom is 0.407 e. The molecule has 0 bridgehead atoms. The molecule has 1 unspecified atom stereocenters. The molecule has 2 heterocycles. The van der Waals surface area contributed by atoms with E-state index < -0.39 is 6.09 Å². The van der Waals surface area contributed by atoms with Crippen LogP contribution in [0.3, 0.4) is 0 Å². The average molecular weight is 235 g/mol. The van der Waals surface area contributed by atoms with Gasteiger partial charge in [-0.1, -0.05) is 6.07 Å². The summed E-state index contributed by atoms with van der Waals surface area (Å²) in [4.78, 5) is 16.5. The Labute approximate surface area is 100 Å². The van der Waals surface area contributed by atoms with E-state index in [-0.39, 0.29) is 0 Å².